The molecule has 1 aromatic rings. The van der Waals surface area contributed by atoms with E-state index in [2.05, 4.69) is 0 Å². The Labute approximate surface area is 132 Å². The van der Waals surface area contributed by atoms with E-state index in [9.17, 15) is 13.2 Å². The van der Waals surface area contributed by atoms with Crippen LogP contribution in [0.4, 0.5) is 5.69 Å². The number of carbonyl (C=O) groups is 1. The molecule has 0 radical (unpaired) electrons. The molecule has 0 N–H and O–H groups in total. The lowest BCUT2D eigenvalue weighted by atomic mass is 10.0. The van der Waals surface area contributed by atoms with E-state index in [1.54, 1.807) is 31.2 Å². The number of sulfone groups is 1. The second-order valence-corrected chi connectivity index (χ2v) is 7.76. The van der Waals surface area contributed by atoms with Crippen LogP contribution in [0.25, 0.3) is 0 Å². The summed E-state index contributed by atoms with van der Waals surface area (Å²) >= 11 is 0. The molecule has 0 spiro atoms. The van der Waals surface area contributed by atoms with E-state index in [-0.39, 0.29) is 22.5 Å². The first kappa shape index (κ1) is 17.0. The molecule has 0 aliphatic carbocycles. The predicted octanol–water partition coefficient (Wildman–Crippen LogP) is 2.26. The van der Waals surface area contributed by atoms with Gasteiger partial charge in [-0.1, -0.05) is 26.0 Å². The van der Waals surface area contributed by atoms with Crippen LogP contribution in [0.2, 0.25) is 0 Å². The van der Waals surface area contributed by atoms with Crippen LogP contribution < -0.4 is 4.90 Å². The number of carbonyl (C=O) groups excluding carboxylic acids is 1. The highest BCUT2D eigenvalue weighted by Gasteiger charge is 2.35. The van der Waals surface area contributed by atoms with Crippen molar-refractivity contribution in [1.29, 1.82) is 0 Å². The van der Waals surface area contributed by atoms with E-state index in [1.807, 2.05) is 13.8 Å². The SMILES string of the molecule is CCN(C(=O)C1OCCC1C)c1ccccc1S(=O)(=O)CC. The van der Waals surface area contributed by atoms with Crippen LogP contribution in [-0.2, 0) is 19.4 Å². The van der Waals surface area contributed by atoms with E-state index in [0.29, 0.717) is 18.8 Å². The van der Waals surface area contributed by atoms with Gasteiger partial charge in [0.15, 0.2) is 9.84 Å². The zero-order valence-electron chi connectivity index (χ0n) is 13.3. The number of ether oxygens (including phenoxy) is 1. The molecule has 1 saturated heterocycles. The molecular formula is C16H23NO4S. The molecule has 1 aliphatic rings. The Bertz CT molecular complexity index is 641. The minimum atomic E-state index is -3.39. The number of hydrogen-bond acceptors (Lipinski definition) is 4. The molecule has 1 heterocycles. The monoisotopic (exact) mass is 325 g/mol. The third-order valence-electron chi connectivity index (χ3n) is 4.08. The van der Waals surface area contributed by atoms with Gasteiger partial charge in [-0.2, -0.15) is 0 Å². The van der Waals surface area contributed by atoms with Crippen molar-refractivity contribution in [3.63, 3.8) is 0 Å². The summed E-state index contributed by atoms with van der Waals surface area (Å²) < 4.78 is 30.1. The maximum atomic E-state index is 12.8. The van der Waals surface area contributed by atoms with Crippen molar-refractivity contribution in [2.45, 2.75) is 38.2 Å². The number of hydrogen-bond donors (Lipinski definition) is 0. The molecule has 0 aromatic heterocycles. The highest BCUT2D eigenvalue weighted by atomic mass is 32.2. The number of anilines is 1. The number of nitrogens with zero attached hydrogens (tertiary/aromatic N) is 1. The lowest BCUT2D eigenvalue weighted by molar-refractivity contribution is -0.128. The summed E-state index contributed by atoms with van der Waals surface area (Å²) in [5.74, 6) is -0.00530. The van der Waals surface area contributed by atoms with Crippen molar-refractivity contribution >= 4 is 21.4 Å². The van der Waals surface area contributed by atoms with Crippen LogP contribution in [0.5, 0.6) is 0 Å². The Kier molecular flexibility index (Phi) is 5.24. The minimum absolute atomic E-state index is 0.00604. The topological polar surface area (TPSA) is 63.7 Å². The molecule has 1 aromatic carbocycles. The molecule has 5 nitrogen and oxygen atoms in total. The van der Waals surface area contributed by atoms with Gasteiger partial charge in [-0.3, -0.25) is 4.79 Å². The minimum Gasteiger partial charge on any atom is -0.368 e. The Morgan fingerprint density at radius 2 is 2.00 bits per heavy atom. The molecule has 2 rings (SSSR count). The standard InChI is InChI=1S/C16H23NO4S/c1-4-17(16(18)15-12(3)10-11-21-15)13-8-6-7-9-14(13)22(19,20)5-2/h6-9,12,15H,4-5,10-11H2,1-3H3. The summed E-state index contributed by atoms with van der Waals surface area (Å²) in [5, 5.41) is 0. The van der Waals surface area contributed by atoms with Crippen molar-refractivity contribution in [1.82, 2.24) is 0 Å². The largest absolute Gasteiger partial charge is 0.368 e. The second-order valence-electron chi connectivity index (χ2n) is 5.51. The first-order chi connectivity index (χ1) is 10.4. The van der Waals surface area contributed by atoms with E-state index >= 15 is 0 Å². The zero-order valence-corrected chi connectivity index (χ0v) is 14.1. The first-order valence-electron chi connectivity index (χ1n) is 7.67. The van der Waals surface area contributed by atoms with Gasteiger partial charge in [0.2, 0.25) is 0 Å². The third-order valence-corrected chi connectivity index (χ3v) is 5.86. The summed E-state index contributed by atoms with van der Waals surface area (Å²) in [7, 11) is -3.39. The normalized spacial score (nSPS) is 21.8. The molecule has 22 heavy (non-hydrogen) atoms. The fraction of sp³-hybridized carbons (Fsp3) is 0.562. The Balaban J connectivity index is 2.42. The first-order valence-corrected chi connectivity index (χ1v) is 9.32. The number of benzene rings is 1. The molecule has 1 fully saturated rings. The Morgan fingerprint density at radius 3 is 2.55 bits per heavy atom. The van der Waals surface area contributed by atoms with E-state index in [4.69, 9.17) is 4.74 Å². The molecule has 2 unspecified atom stereocenters. The molecule has 122 valence electrons. The molecule has 0 saturated carbocycles. The van der Waals surface area contributed by atoms with Gasteiger partial charge in [-0.15, -0.1) is 0 Å². The smallest absolute Gasteiger partial charge is 0.256 e. The molecule has 1 amide bonds. The maximum Gasteiger partial charge on any atom is 0.256 e. The van der Waals surface area contributed by atoms with Gasteiger partial charge < -0.3 is 9.64 Å². The molecular weight excluding hydrogens is 302 g/mol. The van der Waals surface area contributed by atoms with Gasteiger partial charge >= 0.3 is 0 Å². The van der Waals surface area contributed by atoms with Gasteiger partial charge in [-0.25, -0.2) is 8.42 Å². The Hall–Kier alpha value is -1.40. The fourth-order valence-corrected chi connectivity index (χ4v) is 3.80. The van der Waals surface area contributed by atoms with Gasteiger partial charge in [0.25, 0.3) is 5.91 Å². The summed E-state index contributed by atoms with van der Waals surface area (Å²) in [6, 6.07) is 6.67. The number of likely N-dealkylation sites (N-methyl/N-ethyl adjacent to an activating group) is 1. The summed E-state index contributed by atoms with van der Waals surface area (Å²) in [5.41, 5.74) is 0.444. The van der Waals surface area contributed by atoms with Crippen molar-refractivity contribution in [3.05, 3.63) is 24.3 Å². The third kappa shape index (κ3) is 3.17. The zero-order chi connectivity index (χ0) is 16.3. The number of para-hydroxylation sites is 1. The average Bonchev–Trinajstić information content (AvgIpc) is 2.94. The molecule has 6 heteroatoms. The summed E-state index contributed by atoms with van der Waals surface area (Å²) in [4.78, 5) is 14.5. The molecule has 2 atom stereocenters. The highest BCUT2D eigenvalue weighted by Crippen LogP contribution is 2.29. The number of rotatable bonds is 5. The van der Waals surface area contributed by atoms with Gasteiger partial charge in [0.05, 0.1) is 16.3 Å². The van der Waals surface area contributed by atoms with Crippen LogP contribution in [0.15, 0.2) is 29.2 Å². The van der Waals surface area contributed by atoms with Crippen molar-refractivity contribution < 1.29 is 17.9 Å². The fourth-order valence-electron chi connectivity index (χ4n) is 2.71. The lowest BCUT2D eigenvalue weighted by Crippen LogP contribution is -2.41. The van der Waals surface area contributed by atoms with Gasteiger partial charge in [0, 0.05) is 13.2 Å². The average molecular weight is 325 g/mol. The highest BCUT2D eigenvalue weighted by molar-refractivity contribution is 7.91. The van der Waals surface area contributed by atoms with Crippen molar-refractivity contribution in [3.8, 4) is 0 Å². The van der Waals surface area contributed by atoms with E-state index in [0.717, 1.165) is 6.42 Å². The quantitative estimate of drug-likeness (QED) is 0.833. The van der Waals surface area contributed by atoms with Crippen LogP contribution in [0, 0.1) is 5.92 Å². The van der Waals surface area contributed by atoms with Gasteiger partial charge in [-0.05, 0) is 31.4 Å². The number of amides is 1. The predicted molar refractivity (Wildman–Crippen MR) is 85.7 cm³/mol. The van der Waals surface area contributed by atoms with Crippen molar-refractivity contribution in [2.75, 3.05) is 23.8 Å². The summed E-state index contributed by atoms with van der Waals surface area (Å²) in [6.45, 7) is 6.41. The lowest BCUT2D eigenvalue weighted by Gasteiger charge is -2.27. The molecule has 1 aliphatic heterocycles. The van der Waals surface area contributed by atoms with E-state index < -0.39 is 15.9 Å². The van der Waals surface area contributed by atoms with Crippen LogP contribution in [-0.4, -0.2) is 39.3 Å². The van der Waals surface area contributed by atoms with Gasteiger partial charge in [0.1, 0.15) is 6.10 Å². The molecule has 0 bridgehead atoms. The second kappa shape index (κ2) is 6.79. The Morgan fingerprint density at radius 1 is 1.32 bits per heavy atom. The maximum absolute atomic E-state index is 12.8. The van der Waals surface area contributed by atoms with Crippen LogP contribution >= 0.6 is 0 Å². The summed E-state index contributed by atoms with van der Waals surface area (Å²) in [6.07, 6.45) is 0.361. The van der Waals surface area contributed by atoms with Crippen LogP contribution in [0.3, 0.4) is 0 Å². The van der Waals surface area contributed by atoms with Crippen molar-refractivity contribution in [2.24, 2.45) is 5.92 Å². The van der Waals surface area contributed by atoms with Crippen LogP contribution in [0.1, 0.15) is 27.2 Å². The van der Waals surface area contributed by atoms with E-state index in [1.165, 1.54) is 4.90 Å².